The third-order valence-electron chi connectivity index (χ3n) is 3.48. The van der Waals surface area contributed by atoms with Crippen LogP contribution in [-0.4, -0.2) is 5.11 Å². The van der Waals surface area contributed by atoms with E-state index in [1.165, 1.54) is 5.56 Å². The second-order valence-electron chi connectivity index (χ2n) is 5.00. The minimum atomic E-state index is 0.158. The van der Waals surface area contributed by atoms with Crippen LogP contribution in [0, 0.1) is 0 Å². The van der Waals surface area contributed by atoms with Crippen LogP contribution < -0.4 is 5.32 Å². The van der Waals surface area contributed by atoms with Crippen molar-refractivity contribution in [2.75, 3.05) is 0 Å². The van der Waals surface area contributed by atoms with Crippen molar-refractivity contribution in [2.24, 2.45) is 0 Å². The molecule has 0 saturated carbocycles. The van der Waals surface area contributed by atoms with Gasteiger partial charge in [-0.25, -0.2) is 0 Å². The minimum absolute atomic E-state index is 0.158. The smallest absolute Gasteiger partial charge is 0.115 e. The number of aromatic hydroxyl groups is 1. The van der Waals surface area contributed by atoms with Gasteiger partial charge in [-0.15, -0.1) is 0 Å². The maximum Gasteiger partial charge on any atom is 0.115 e. The zero-order valence-corrected chi connectivity index (χ0v) is 12.6. The lowest BCUT2D eigenvalue weighted by Gasteiger charge is -2.23. The molecule has 0 heterocycles. The molecule has 2 aromatic carbocycles. The summed E-state index contributed by atoms with van der Waals surface area (Å²) in [7, 11) is 0. The van der Waals surface area contributed by atoms with Crippen molar-refractivity contribution >= 4 is 11.6 Å². The maximum atomic E-state index is 9.56. The van der Waals surface area contributed by atoms with Gasteiger partial charge in [0.2, 0.25) is 0 Å². The van der Waals surface area contributed by atoms with Crippen molar-refractivity contribution in [1.29, 1.82) is 0 Å². The Kier molecular flexibility index (Phi) is 5.05. The van der Waals surface area contributed by atoms with Crippen LogP contribution in [0.3, 0.4) is 0 Å². The summed E-state index contributed by atoms with van der Waals surface area (Å²) in [6.45, 7) is 4.25. The van der Waals surface area contributed by atoms with Crippen molar-refractivity contribution in [2.45, 2.75) is 32.4 Å². The Hall–Kier alpha value is -1.51. The van der Waals surface area contributed by atoms with E-state index in [0.29, 0.717) is 5.75 Å². The first kappa shape index (κ1) is 14.9. The van der Waals surface area contributed by atoms with Gasteiger partial charge in [-0.05, 0) is 48.7 Å². The van der Waals surface area contributed by atoms with E-state index >= 15 is 0 Å². The molecule has 0 amide bonds. The van der Waals surface area contributed by atoms with Crippen LogP contribution in [-0.2, 0) is 0 Å². The fraction of sp³-hybridized carbons (Fsp3) is 0.294. The summed E-state index contributed by atoms with van der Waals surface area (Å²) in [5, 5.41) is 13.9. The van der Waals surface area contributed by atoms with Gasteiger partial charge in [0.15, 0.2) is 0 Å². The molecule has 0 aliphatic carbocycles. The number of nitrogens with one attached hydrogen (secondary N) is 1. The summed E-state index contributed by atoms with van der Waals surface area (Å²) >= 11 is 6.06. The van der Waals surface area contributed by atoms with Crippen LogP contribution in [0.4, 0.5) is 0 Å². The van der Waals surface area contributed by atoms with Gasteiger partial charge in [0.05, 0.1) is 0 Å². The largest absolute Gasteiger partial charge is 0.508 e. The highest BCUT2D eigenvalue weighted by atomic mass is 35.5. The quantitative estimate of drug-likeness (QED) is 0.825. The van der Waals surface area contributed by atoms with E-state index in [2.05, 4.69) is 25.2 Å². The molecule has 2 rings (SSSR count). The number of halogens is 1. The molecular weight excluding hydrogens is 270 g/mol. The Morgan fingerprint density at radius 2 is 1.80 bits per heavy atom. The molecule has 0 bridgehead atoms. The number of hydrogen-bond donors (Lipinski definition) is 2. The zero-order valence-electron chi connectivity index (χ0n) is 11.8. The summed E-state index contributed by atoms with van der Waals surface area (Å²) in [5.41, 5.74) is 2.26. The van der Waals surface area contributed by atoms with E-state index in [9.17, 15) is 5.11 Å². The Bertz CT molecular complexity index is 570. The van der Waals surface area contributed by atoms with E-state index in [0.717, 1.165) is 17.0 Å². The van der Waals surface area contributed by atoms with Crippen molar-refractivity contribution < 1.29 is 5.11 Å². The van der Waals surface area contributed by atoms with Crippen molar-refractivity contribution in [3.8, 4) is 5.75 Å². The fourth-order valence-corrected chi connectivity index (χ4v) is 2.56. The Balaban J connectivity index is 2.14. The van der Waals surface area contributed by atoms with Crippen LogP contribution in [0.15, 0.2) is 48.5 Å². The van der Waals surface area contributed by atoms with E-state index in [1.54, 1.807) is 12.1 Å². The Morgan fingerprint density at radius 1 is 1.10 bits per heavy atom. The van der Waals surface area contributed by atoms with Gasteiger partial charge >= 0.3 is 0 Å². The highest BCUT2D eigenvalue weighted by Crippen LogP contribution is 2.25. The van der Waals surface area contributed by atoms with Crippen LogP contribution in [0.25, 0.3) is 0 Å². The van der Waals surface area contributed by atoms with Gasteiger partial charge in [-0.3, -0.25) is 0 Å². The second kappa shape index (κ2) is 6.78. The van der Waals surface area contributed by atoms with E-state index in [1.807, 2.05) is 30.3 Å². The number of rotatable bonds is 5. The molecule has 0 aliphatic heterocycles. The molecule has 0 spiro atoms. The molecule has 2 aromatic rings. The zero-order chi connectivity index (χ0) is 14.5. The number of phenols is 1. The van der Waals surface area contributed by atoms with Crippen LogP contribution in [0.5, 0.6) is 5.75 Å². The average Bonchev–Trinajstić information content (AvgIpc) is 2.44. The molecule has 20 heavy (non-hydrogen) atoms. The summed E-state index contributed by atoms with van der Waals surface area (Å²) in [5.74, 6) is 0.298. The van der Waals surface area contributed by atoms with Crippen LogP contribution in [0.1, 0.15) is 43.5 Å². The molecule has 0 fully saturated rings. The predicted octanol–water partition coefficient (Wildman–Crippen LogP) is 4.85. The summed E-state index contributed by atoms with van der Waals surface area (Å²) in [6, 6.07) is 15.7. The third kappa shape index (κ3) is 3.75. The molecule has 2 unspecified atom stereocenters. The lowest BCUT2D eigenvalue weighted by molar-refractivity contribution is 0.449. The fourth-order valence-electron chi connectivity index (χ4n) is 2.37. The van der Waals surface area contributed by atoms with Crippen molar-refractivity contribution in [3.63, 3.8) is 0 Å². The average molecular weight is 290 g/mol. The number of phenolic OH excluding ortho intramolecular Hbond substituents is 1. The van der Waals surface area contributed by atoms with Gasteiger partial charge in [0, 0.05) is 17.1 Å². The lowest BCUT2D eigenvalue weighted by atomic mass is 10.0. The minimum Gasteiger partial charge on any atom is -0.508 e. The van der Waals surface area contributed by atoms with E-state index < -0.39 is 0 Å². The van der Waals surface area contributed by atoms with Crippen molar-refractivity contribution in [1.82, 2.24) is 5.32 Å². The Morgan fingerprint density at radius 3 is 2.45 bits per heavy atom. The van der Waals surface area contributed by atoms with Gasteiger partial charge in [0.25, 0.3) is 0 Å². The molecule has 0 aliphatic rings. The number of hydrogen-bond acceptors (Lipinski definition) is 2. The molecule has 2 N–H and O–H groups in total. The molecule has 0 radical (unpaired) electrons. The standard InChI is InChI=1S/C17H20ClNO/c1-3-17(14-7-4-8-15(18)10-14)19-12(2)13-6-5-9-16(20)11-13/h4-12,17,19-20H,3H2,1-2H3. The number of benzene rings is 2. The monoisotopic (exact) mass is 289 g/mol. The lowest BCUT2D eigenvalue weighted by Crippen LogP contribution is -2.24. The summed E-state index contributed by atoms with van der Waals surface area (Å²) in [4.78, 5) is 0. The Labute approximate surface area is 125 Å². The van der Waals surface area contributed by atoms with Crippen LogP contribution in [0.2, 0.25) is 5.02 Å². The van der Waals surface area contributed by atoms with Crippen LogP contribution >= 0.6 is 11.6 Å². The van der Waals surface area contributed by atoms with Gasteiger partial charge in [0.1, 0.15) is 5.75 Å². The molecular formula is C17H20ClNO. The highest BCUT2D eigenvalue weighted by molar-refractivity contribution is 6.30. The first-order valence-corrected chi connectivity index (χ1v) is 7.28. The summed E-state index contributed by atoms with van der Waals surface area (Å²) in [6.07, 6.45) is 0.976. The maximum absolute atomic E-state index is 9.56. The first-order chi connectivity index (χ1) is 9.60. The highest BCUT2D eigenvalue weighted by Gasteiger charge is 2.14. The third-order valence-corrected chi connectivity index (χ3v) is 3.72. The second-order valence-corrected chi connectivity index (χ2v) is 5.44. The van der Waals surface area contributed by atoms with E-state index in [4.69, 9.17) is 11.6 Å². The topological polar surface area (TPSA) is 32.3 Å². The normalized spacial score (nSPS) is 13.9. The van der Waals surface area contributed by atoms with Gasteiger partial charge in [-0.2, -0.15) is 0 Å². The summed E-state index contributed by atoms with van der Waals surface area (Å²) < 4.78 is 0. The SMILES string of the molecule is CCC(NC(C)c1cccc(O)c1)c1cccc(Cl)c1. The molecule has 2 atom stereocenters. The molecule has 0 saturated heterocycles. The first-order valence-electron chi connectivity index (χ1n) is 6.90. The van der Waals surface area contributed by atoms with E-state index in [-0.39, 0.29) is 12.1 Å². The molecule has 106 valence electrons. The van der Waals surface area contributed by atoms with Gasteiger partial charge in [-0.1, -0.05) is 42.8 Å². The van der Waals surface area contributed by atoms with Gasteiger partial charge < -0.3 is 10.4 Å². The predicted molar refractivity (Wildman–Crippen MR) is 84.1 cm³/mol. The molecule has 3 heteroatoms. The molecule has 0 aromatic heterocycles. The van der Waals surface area contributed by atoms with Crippen molar-refractivity contribution in [3.05, 3.63) is 64.7 Å². The molecule has 2 nitrogen and oxygen atoms in total.